The molecule has 0 N–H and O–H groups in total. The molecular formula is C12H13N3O. The maximum absolute atomic E-state index is 11.7. The Balaban J connectivity index is 2.73. The topological polar surface area (TPSA) is 47.8 Å². The van der Waals surface area contributed by atoms with Gasteiger partial charge in [-0.15, -0.1) is 0 Å². The van der Waals surface area contributed by atoms with Gasteiger partial charge in [0.2, 0.25) is 0 Å². The largest absolute Gasteiger partial charge is 0.269 e. The van der Waals surface area contributed by atoms with Crippen LogP contribution in [0.5, 0.6) is 0 Å². The van der Waals surface area contributed by atoms with Gasteiger partial charge in [-0.05, 0) is 31.5 Å². The van der Waals surface area contributed by atoms with Crippen molar-refractivity contribution in [1.29, 1.82) is 0 Å². The Labute approximate surface area is 93.6 Å². The summed E-state index contributed by atoms with van der Waals surface area (Å²) in [4.78, 5) is 15.6. The number of nitrogens with zero attached hydrogens (tertiary/aromatic N) is 3. The van der Waals surface area contributed by atoms with Crippen molar-refractivity contribution in [3.05, 3.63) is 46.0 Å². The fraction of sp³-hybridized carbons (Fsp3) is 0.250. The van der Waals surface area contributed by atoms with Crippen molar-refractivity contribution in [3.63, 3.8) is 0 Å². The Bertz CT molecular complexity index is 573. The average Bonchev–Trinajstić information content (AvgIpc) is 2.32. The van der Waals surface area contributed by atoms with Crippen LogP contribution in [-0.2, 0) is 7.05 Å². The van der Waals surface area contributed by atoms with E-state index in [0.29, 0.717) is 0 Å². The van der Waals surface area contributed by atoms with Crippen molar-refractivity contribution in [2.75, 3.05) is 0 Å². The molecule has 0 aliphatic carbocycles. The van der Waals surface area contributed by atoms with Crippen LogP contribution in [0.2, 0.25) is 0 Å². The van der Waals surface area contributed by atoms with Gasteiger partial charge >= 0.3 is 0 Å². The SMILES string of the molecule is Cc1c(-c2ccncc2)nn(C)c(=O)c1C. The number of aryl methyl sites for hydroxylation is 1. The molecule has 0 radical (unpaired) electrons. The van der Waals surface area contributed by atoms with E-state index in [9.17, 15) is 4.79 Å². The highest BCUT2D eigenvalue weighted by molar-refractivity contribution is 5.62. The average molecular weight is 215 g/mol. The van der Waals surface area contributed by atoms with Gasteiger partial charge in [0.15, 0.2) is 0 Å². The van der Waals surface area contributed by atoms with E-state index in [2.05, 4.69) is 10.1 Å². The zero-order valence-corrected chi connectivity index (χ0v) is 9.56. The van der Waals surface area contributed by atoms with Gasteiger partial charge in [0.25, 0.3) is 5.56 Å². The number of hydrogen-bond acceptors (Lipinski definition) is 3. The first-order chi connectivity index (χ1) is 7.61. The molecule has 0 amide bonds. The lowest BCUT2D eigenvalue weighted by Crippen LogP contribution is -2.23. The summed E-state index contributed by atoms with van der Waals surface area (Å²) >= 11 is 0. The molecule has 0 saturated heterocycles. The van der Waals surface area contributed by atoms with Crippen LogP contribution in [-0.4, -0.2) is 14.8 Å². The summed E-state index contributed by atoms with van der Waals surface area (Å²) in [5.74, 6) is 0. The highest BCUT2D eigenvalue weighted by Gasteiger charge is 2.10. The Morgan fingerprint density at radius 2 is 1.75 bits per heavy atom. The molecular weight excluding hydrogens is 202 g/mol. The highest BCUT2D eigenvalue weighted by atomic mass is 16.1. The summed E-state index contributed by atoms with van der Waals surface area (Å²) in [7, 11) is 1.67. The minimum absolute atomic E-state index is 0.0460. The normalized spacial score (nSPS) is 10.4. The molecule has 0 fully saturated rings. The summed E-state index contributed by atoms with van der Waals surface area (Å²) in [5.41, 5.74) is 3.43. The summed E-state index contributed by atoms with van der Waals surface area (Å²) in [6.07, 6.45) is 3.44. The maximum Gasteiger partial charge on any atom is 0.269 e. The van der Waals surface area contributed by atoms with E-state index in [-0.39, 0.29) is 5.56 Å². The molecule has 2 rings (SSSR count). The zero-order valence-electron chi connectivity index (χ0n) is 9.56. The van der Waals surface area contributed by atoms with Crippen molar-refractivity contribution >= 4 is 0 Å². The van der Waals surface area contributed by atoms with Crippen LogP contribution in [0.25, 0.3) is 11.3 Å². The van der Waals surface area contributed by atoms with Crippen molar-refractivity contribution in [1.82, 2.24) is 14.8 Å². The molecule has 2 aromatic heterocycles. The van der Waals surface area contributed by atoms with Crippen LogP contribution in [0.4, 0.5) is 0 Å². The van der Waals surface area contributed by atoms with Gasteiger partial charge in [-0.3, -0.25) is 9.78 Å². The Morgan fingerprint density at radius 1 is 1.12 bits per heavy atom. The lowest BCUT2D eigenvalue weighted by atomic mass is 10.1. The molecule has 2 heterocycles. The quantitative estimate of drug-likeness (QED) is 0.723. The van der Waals surface area contributed by atoms with E-state index in [0.717, 1.165) is 22.4 Å². The van der Waals surface area contributed by atoms with Crippen molar-refractivity contribution in [2.45, 2.75) is 13.8 Å². The maximum atomic E-state index is 11.7. The van der Waals surface area contributed by atoms with Crippen LogP contribution in [0, 0.1) is 13.8 Å². The monoisotopic (exact) mass is 215 g/mol. The molecule has 82 valence electrons. The van der Waals surface area contributed by atoms with E-state index in [4.69, 9.17) is 0 Å². The van der Waals surface area contributed by atoms with Gasteiger partial charge in [0, 0.05) is 30.6 Å². The van der Waals surface area contributed by atoms with Crippen molar-refractivity contribution in [3.8, 4) is 11.3 Å². The van der Waals surface area contributed by atoms with Gasteiger partial charge in [0.1, 0.15) is 0 Å². The van der Waals surface area contributed by atoms with Crippen LogP contribution in [0.1, 0.15) is 11.1 Å². The van der Waals surface area contributed by atoms with E-state index in [1.807, 2.05) is 26.0 Å². The fourth-order valence-corrected chi connectivity index (χ4v) is 1.64. The van der Waals surface area contributed by atoms with Crippen LogP contribution in [0.3, 0.4) is 0 Å². The van der Waals surface area contributed by atoms with E-state index in [1.165, 1.54) is 4.68 Å². The molecule has 0 aromatic carbocycles. The van der Waals surface area contributed by atoms with Crippen molar-refractivity contribution < 1.29 is 0 Å². The molecule has 2 aromatic rings. The molecule has 16 heavy (non-hydrogen) atoms. The first-order valence-electron chi connectivity index (χ1n) is 5.06. The second-order valence-electron chi connectivity index (χ2n) is 3.76. The van der Waals surface area contributed by atoms with Crippen LogP contribution in [0.15, 0.2) is 29.3 Å². The third-order valence-electron chi connectivity index (χ3n) is 2.74. The number of rotatable bonds is 1. The van der Waals surface area contributed by atoms with E-state index >= 15 is 0 Å². The second-order valence-corrected chi connectivity index (χ2v) is 3.76. The molecule has 0 saturated carbocycles. The summed E-state index contributed by atoms with van der Waals surface area (Å²) < 4.78 is 1.37. The second kappa shape index (κ2) is 3.89. The molecule has 0 unspecified atom stereocenters. The van der Waals surface area contributed by atoms with Gasteiger partial charge in [-0.25, -0.2) is 4.68 Å². The zero-order chi connectivity index (χ0) is 11.7. The molecule has 0 spiro atoms. The lowest BCUT2D eigenvalue weighted by molar-refractivity contribution is 0.700. The fourth-order valence-electron chi connectivity index (χ4n) is 1.64. The van der Waals surface area contributed by atoms with Crippen LogP contribution >= 0.6 is 0 Å². The molecule has 0 aliphatic heterocycles. The molecule has 0 atom stereocenters. The Hall–Kier alpha value is -1.97. The minimum Gasteiger partial charge on any atom is -0.268 e. The highest BCUT2D eigenvalue weighted by Crippen LogP contribution is 2.19. The third kappa shape index (κ3) is 1.62. The first kappa shape index (κ1) is 10.5. The van der Waals surface area contributed by atoms with E-state index < -0.39 is 0 Å². The Kier molecular flexibility index (Phi) is 2.56. The summed E-state index contributed by atoms with van der Waals surface area (Å²) in [6.45, 7) is 3.74. The standard InChI is InChI=1S/C12H13N3O/c1-8-9(2)12(16)15(3)14-11(8)10-4-6-13-7-5-10/h4-7H,1-3H3. The smallest absolute Gasteiger partial charge is 0.268 e. The number of pyridine rings is 1. The predicted molar refractivity (Wildman–Crippen MR) is 62.2 cm³/mol. The number of aromatic nitrogens is 3. The molecule has 4 nitrogen and oxygen atoms in total. The Morgan fingerprint density at radius 3 is 2.38 bits per heavy atom. The summed E-state index contributed by atoms with van der Waals surface area (Å²) in [6, 6.07) is 3.78. The number of hydrogen-bond donors (Lipinski definition) is 0. The van der Waals surface area contributed by atoms with Crippen molar-refractivity contribution in [2.24, 2.45) is 7.05 Å². The summed E-state index contributed by atoms with van der Waals surface area (Å²) in [5, 5.41) is 4.28. The van der Waals surface area contributed by atoms with Gasteiger partial charge in [-0.1, -0.05) is 0 Å². The molecule has 4 heteroatoms. The van der Waals surface area contributed by atoms with E-state index in [1.54, 1.807) is 19.4 Å². The van der Waals surface area contributed by atoms with Crippen LogP contribution < -0.4 is 5.56 Å². The van der Waals surface area contributed by atoms with Gasteiger partial charge < -0.3 is 0 Å². The predicted octanol–water partition coefficient (Wildman–Crippen LogP) is 1.46. The lowest BCUT2D eigenvalue weighted by Gasteiger charge is -2.09. The molecule has 0 bridgehead atoms. The van der Waals surface area contributed by atoms with Gasteiger partial charge in [0.05, 0.1) is 5.69 Å². The molecule has 0 aliphatic rings. The minimum atomic E-state index is -0.0460. The first-order valence-corrected chi connectivity index (χ1v) is 5.06. The van der Waals surface area contributed by atoms with Gasteiger partial charge in [-0.2, -0.15) is 5.10 Å². The third-order valence-corrected chi connectivity index (χ3v) is 2.74.